The molecule has 1 heterocycles. The zero-order valence-corrected chi connectivity index (χ0v) is 14.3. The first-order chi connectivity index (χ1) is 11.6. The van der Waals surface area contributed by atoms with Crippen LogP contribution in [0.4, 0.5) is 5.69 Å². The van der Waals surface area contributed by atoms with Crippen LogP contribution in [0.15, 0.2) is 42.5 Å². The highest BCUT2D eigenvalue weighted by Crippen LogP contribution is 2.17. The highest BCUT2D eigenvalue weighted by Gasteiger charge is 2.12. The third-order valence-electron chi connectivity index (χ3n) is 4.36. The smallest absolute Gasteiger partial charge is 0.255 e. The van der Waals surface area contributed by atoms with E-state index in [0.717, 1.165) is 44.1 Å². The maximum atomic E-state index is 12.4. The van der Waals surface area contributed by atoms with E-state index in [-0.39, 0.29) is 5.91 Å². The van der Waals surface area contributed by atoms with Crippen molar-refractivity contribution in [1.29, 1.82) is 0 Å². The first kappa shape index (κ1) is 16.7. The number of rotatable bonds is 4. The van der Waals surface area contributed by atoms with Crippen molar-refractivity contribution in [3.8, 4) is 0 Å². The molecule has 126 valence electrons. The summed E-state index contributed by atoms with van der Waals surface area (Å²) in [6, 6.07) is 13.9. The zero-order chi connectivity index (χ0) is 16.9. The second kappa shape index (κ2) is 7.60. The Kier molecular flexibility index (Phi) is 5.28. The Morgan fingerprint density at radius 3 is 2.46 bits per heavy atom. The van der Waals surface area contributed by atoms with Crippen molar-refractivity contribution < 1.29 is 9.53 Å². The fourth-order valence-electron chi connectivity index (χ4n) is 2.93. The Labute approximate surface area is 143 Å². The van der Waals surface area contributed by atoms with Gasteiger partial charge in [0.1, 0.15) is 0 Å². The molecule has 24 heavy (non-hydrogen) atoms. The fourth-order valence-corrected chi connectivity index (χ4v) is 2.93. The highest BCUT2D eigenvalue weighted by molar-refractivity contribution is 6.04. The maximum Gasteiger partial charge on any atom is 0.255 e. The second-order valence-corrected chi connectivity index (χ2v) is 6.36. The summed E-state index contributed by atoms with van der Waals surface area (Å²) in [5, 5.41) is 2.99. The van der Waals surface area contributed by atoms with Crippen LogP contribution in [-0.2, 0) is 11.3 Å². The largest absolute Gasteiger partial charge is 0.379 e. The van der Waals surface area contributed by atoms with E-state index in [1.54, 1.807) is 0 Å². The van der Waals surface area contributed by atoms with E-state index in [4.69, 9.17) is 4.74 Å². The van der Waals surface area contributed by atoms with Crippen molar-refractivity contribution in [2.24, 2.45) is 0 Å². The standard InChI is InChI=1S/C20H24N2O2/c1-15-3-8-19(16(2)13-15)21-20(23)18-6-4-17(5-7-18)14-22-9-11-24-12-10-22/h3-8,13H,9-12,14H2,1-2H3,(H,21,23). The van der Waals surface area contributed by atoms with E-state index in [2.05, 4.69) is 16.3 Å². The number of carbonyl (C=O) groups excluding carboxylic acids is 1. The third kappa shape index (κ3) is 4.22. The predicted molar refractivity (Wildman–Crippen MR) is 96.4 cm³/mol. The van der Waals surface area contributed by atoms with Crippen molar-refractivity contribution in [1.82, 2.24) is 4.90 Å². The lowest BCUT2D eigenvalue weighted by Gasteiger charge is -2.26. The van der Waals surface area contributed by atoms with Gasteiger partial charge in [0.2, 0.25) is 0 Å². The molecule has 0 aliphatic carbocycles. The number of anilines is 1. The molecule has 1 amide bonds. The summed E-state index contributed by atoms with van der Waals surface area (Å²) in [6.07, 6.45) is 0. The predicted octanol–water partition coefficient (Wildman–Crippen LogP) is 3.39. The van der Waals surface area contributed by atoms with Crippen LogP contribution in [-0.4, -0.2) is 37.1 Å². The van der Waals surface area contributed by atoms with Gasteiger partial charge in [0, 0.05) is 30.9 Å². The van der Waals surface area contributed by atoms with Crippen molar-refractivity contribution in [3.05, 3.63) is 64.7 Å². The Morgan fingerprint density at radius 2 is 1.79 bits per heavy atom. The molecule has 0 saturated carbocycles. The fraction of sp³-hybridized carbons (Fsp3) is 0.350. The van der Waals surface area contributed by atoms with E-state index in [1.807, 2.05) is 50.2 Å². The normalized spacial score (nSPS) is 15.2. The lowest BCUT2D eigenvalue weighted by Crippen LogP contribution is -2.35. The van der Waals surface area contributed by atoms with E-state index in [0.29, 0.717) is 5.56 Å². The van der Waals surface area contributed by atoms with Crippen LogP contribution < -0.4 is 5.32 Å². The number of hydrogen-bond donors (Lipinski definition) is 1. The van der Waals surface area contributed by atoms with Crippen LogP contribution in [0, 0.1) is 13.8 Å². The van der Waals surface area contributed by atoms with Gasteiger partial charge in [0.25, 0.3) is 5.91 Å². The lowest BCUT2D eigenvalue weighted by molar-refractivity contribution is 0.0342. The Balaban J connectivity index is 1.62. The Hall–Kier alpha value is -2.17. The Morgan fingerprint density at radius 1 is 1.08 bits per heavy atom. The molecule has 1 fully saturated rings. The topological polar surface area (TPSA) is 41.6 Å². The van der Waals surface area contributed by atoms with Gasteiger partial charge in [-0.1, -0.05) is 29.8 Å². The highest BCUT2D eigenvalue weighted by atomic mass is 16.5. The molecule has 4 nitrogen and oxygen atoms in total. The van der Waals surface area contributed by atoms with E-state index in [1.165, 1.54) is 11.1 Å². The number of carbonyl (C=O) groups is 1. The van der Waals surface area contributed by atoms with Gasteiger partial charge in [-0.15, -0.1) is 0 Å². The van der Waals surface area contributed by atoms with E-state index < -0.39 is 0 Å². The molecule has 1 aliphatic rings. The molecular weight excluding hydrogens is 300 g/mol. The van der Waals surface area contributed by atoms with Crippen LogP contribution >= 0.6 is 0 Å². The zero-order valence-electron chi connectivity index (χ0n) is 14.3. The van der Waals surface area contributed by atoms with Crippen LogP contribution in [0.3, 0.4) is 0 Å². The minimum atomic E-state index is -0.0696. The molecule has 4 heteroatoms. The van der Waals surface area contributed by atoms with Crippen LogP contribution in [0.1, 0.15) is 27.0 Å². The number of nitrogens with zero attached hydrogens (tertiary/aromatic N) is 1. The molecule has 0 unspecified atom stereocenters. The SMILES string of the molecule is Cc1ccc(NC(=O)c2ccc(CN3CCOCC3)cc2)c(C)c1. The molecule has 0 aromatic heterocycles. The number of nitrogens with one attached hydrogen (secondary N) is 1. The molecule has 1 saturated heterocycles. The van der Waals surface area contributed by atoms with Crippen molar-refractivity contribution >= 4 is 11.6 Å². The van der Waals surface area contributed by atoms with Crippen LogP contribution in [0.25, 0.3) is 0 Å². The number of morpholine rings is 1. The summed E-state index contributed by atoms with van der Waals surface area (Å²) in [5.41, 5.74) is 5.04. The first-order valence-electron chi connectivity index (χ1n) is 8.39. The summed E-state index contributed by atoms with van der Waals surface area (Å²) < 4.78 is 5.37. The van der Waals surface area contributed by atoms with Crippen molar-refractivity contribution in [2.45, 2.75) is 20.4 Å². The number of aryl methyl sites for hydroxylation is 2. The molecule has 1 aliphatic heterocycles. The third-order valence-corrected chi connectivity index (χ3v) is 4.36. The molecule has 1 N–H and O–H groups in total. The van der Waals surface area contributed by atoms with Gasteiger partial charge in [-0.25, -0.2) is 0 Å². The van der Waals surface area contributed by atoms with Gasteiger partial charge >= 0.3 is 0 Å². The second-order valence-electron chi connectivity index (χ2n) is 6.36. The quantitative estimate of drug-likeness (QED) is 0.937. The number of benzene rings is 2. The van der Waals surface area contributed by atoms with Gasteiger partial charge in [-0.2, -0.15) is 0 Å². The van der Waals surface area contributed by atoms with Gasteiger partial charge < -0.3 is 10.1 Å². The molecular formula is C20H24N2O2. The van der Waals surface area contributed by atoms with Crippen LogP contribution in [0.5, 0.6) is 0 Å². The molecule has 0 bridgehead atoms. The molecule has 2 aromatic carbocycles. The minimum Gasteiger partial charge on any atom is -0.379 e. The molecule has 0 atom stereocenters. The van der Waals surface area contributed by atoms with E-state index >= 15 is 0 Å². The monoisotopic (exact) mass is 324 g/mol. The summed E-state index contributed by atoms with van der Waals surface area (Å²) >= 11 is 0. The molecule has 0 spiro atoms. The minimum absolute atomic E-state index is 0.0696. The molecule has 3 rings (SSSR count). The van der Waals surface area contributed by atoms with Crippen molar-refractivity contribution in [3.63, 3.8) is 0 Å². The maximum absolute atomic E-state index is 12.4. The number of ether oxygens (including phenoxy) is 1. The van der Waals surface area contributed by atoms with E-state index in [9.17, 15) is 4.79 Å². The first-order valence-corrected chi connectivity index (χ1v) is 8.39. The summed E-state index contributed by atoms with van der Waals surface area (Å²) in [7, 11) is 0. The lowest BCUT2D eigenvalue weighted by atomic mass is 10.1. The van der Waals surface area contributed by atoms with Gasteiger partial charge in [0.05, 0.1) is 13.2 Å². The van der Waals surface area contributed by atoms with Crippen LogP contribution in [0.2, 0.25) is 0 Å². The Bertz CT molecular complexity index is 704. The number of amides is 1. The van der Waals surface area contributed by atoms with Crippen molar-refractivity contribution in [2.75, 3.05) is 31.6 Å². The average Bonchev–Trinajstić information content (AvgIpc) is 2.59. The summed E-state index contributed by atoms with van der Waals surface area (Å²) in [5.74, 6) is -0.0696. The number of hydrogen-bond acceptors (Lipinski definition) is 3. The van der Waals surface area contributed by atoms with Gasteiger partial charge in [-0.3, -0.25) is 9.69 Å². The molecule has 0 radical (unpaired) electrons. The average molecular weight is 324 g/mol. The van der Waals surface area contributed by atoms with Gasteiger partial charge in [0.15, 0.2) is 0 Å². The van der Waals surface area contributed by atoms with Gasteiger partial charge in [-0.05, 0) is 43.2 Å². The summed E-state index contributed by atoms with van der Waals surface area (Å²) in [6.45, 7) is 8.50. The molecule has 2 aromatic rings. The summed E-state index contributed by atoms with van der Waals surface area (Å²) in [4.78, 5) is 14.8.